The van der Waals surface area contributed by atoms with Crippen molar-refractivity contribution in [3.63, 3.8) is 0 Å². The van der Waals surface area contributed by atoms with Crippen molar-refractivity contribution in [2.24, 2.45) is 23.7 Å². The van der Waals surface area contributed by atoms with Gasteiger partial charge < -0.3 is 0 Å². The van der Waals surface area contributed by atoms with E-state index in [4.69, 9.17) is 0 Å². The third kappa shape index (κ3) is 2.23. The molecule has 5 fully saturated rings. The molecule has 114 valence electrons. The largest absolute Gasteiger partial charge is 0.239 e. The minimum Gasteiger partial charge on any atom is -0.239 e. The summed E-state index contributed by atoms with van der Waals surface area (Å²) >= 11 is 0. The zero-order chi connectivity index (χ0) is 13.7. The molecule has 4 unspecified atom stereocenters. The molecule has 5 atom stereocenters. The number of hydrogen-bond donors (Lipinski definition) is 0. The molecule has 0 amide bonds. The van der Waals surface area contributed by atoms with Crippen LogP contribution in [0.5, 0.6) is 0 Å². The first kappa shape index (κ1) is 13.6. The maximum atomic E-state index is 2.80. The van der Waals surface area contributed by atoms with Gasteiger partial charge in [0.15, 0.2) is 0 Å². The molecule has 0 radical (unpaired) electrons. The van der Waals surface area contributed by atoms with Crippen molar-refractivity contribution < 1.29 is 0 Å². The summed E-state index contributed by atoms with van der Waals surface area (Å²) in [7, 11) is 0. The lowest BCUT2D eigenvalue weighted by molar-refractivity contribution is -0.0456. The van der Waals surface area contributed by atoms with Crippen molar-refractivity contribution in [2.75, 3.05) is 13.1 Å². The molecule has 0 N–H and O–H groups in total. The lowest BCUT2D eigenvalue weighted by Gasteiger charge is -2.43. The van der Waals surface area contributed by atoms with E-state index in [9.17, 15) is 0 Å². The van der Waals surface area contributed by atoms with Gasteiger partial charge in [-0.15, -0.1) is 0 Å². The Kier molecular flexibility index (Phi) is 3.58. The first-order chi connectivity index (χ1) is 9.78. The van der Waals surface area contributed by atoms with Gasteiger partial charge in [-0.25, -0.2) is 10.0 Å². The second-order valence-electron chi connectivity index (χ2n) is 8.11. The van der Waals surface area contributed by atoms with Crippen LogP contribution in [0.4, 0.5) is 0 Å². The Bertz CT molecular complexity index is 347. The van der Waals surface area contributed by atoms with Crippen molar-refractivity contribution in [3.8, 4) is 0 Å². The van der Waals surface area contributed by atoms with Gasteiger partial charge in [0, 0.05) is 25.2 Å². The summed E-state index contributed by atoms with van der Waals surface area (Å²) < 4.78 is 0. The molecule has 0 aromatic heterocycles. The lowest BCUT2D eigenvalue weighted by Crippen LogP contribution is -2.49. The number of hydrazine groups is 1. The van der Waals surface area contributed by atoms with Gasteiger partial charge in [-0.2, -0.15) is 0 Å². The van der Waals surface area contributed by atoms with E-state index in [0.29, 0.717) is 0 Å². The van der Waals surface area contributed by atoms with Gasteiger partial charge in [-0.1, -0.05) is 26.2 Å². The van der Waals surface area contributed by atoms with E-state index in [2.05, 4.69) is 23.9 Å². The Morgan fingerprint density at radius 2 is 2.00 bits per heavy atom. The maximum Gasteiger partial charge on any atom is 0.0276 e. The monoisotopic (exact) mass is 276 g/mol. The van der Waals surface area contributed by atoms with Gasteiger partial charge in [0.25, 0.3) is 0 Å². The topological polar surface area (TPSA) is 6.25 Å². The third-order valence-electron chi connectivity index (χ3n) is 6.86. The first-order valence-corrected chi connectivity index (χ1v) is 9.31. The lowest BCUT2D eigenvalue weighted by atomic mass is 9.68. The Hall–Kier alpha value is -0.0800. The molecule has 0 spiro atoms. The summed E-state index contributed by atoms with van der Waals surface area (Å²) in [4.78, 5) is 0. The molecule has 5 aliphatic rings. The van der Waals surface area contributed by atoms with Crippen LogP contribution in [0.3, 0.4) is 0 Å². The fraction of sp³-hybridized carbons (Fsp3) is 1.00. The normalized spacial score (nSPS) is 41.5. The number of nitrogens with zero attached hydrogens (tertiary/aromatic N) is 2. The summed E-state index contributed by atoms with van der Waals surface area (Å²) in [5.74, 6) is 4.42. The van der Waals surface area contributed by atoms with Crippen LogP contribution in [-0.4, -0.2) is 35.2 Å². The molecule has 20 heavy (non-hydrogen) atoms. The molecule has 1 saturated heterocycles. The van der Waals surface area contributed by atoms with Crippen molar-refractivity contribution >= 4 is 0 Å². The highest BCUT2D eigenvalue weighted by Crippen LogP contribution is 2.60. The van der Waals surface area contributed by atoms with E-state index in [1.54, 1.807) is 12.8 Å². The summed E-state index contributed by atoms with van der Waals surface area (Å²) in [5, 5.41) is 5.42. The molecule has 1 aliphatic heterocycles. The van der Waals surface area contributed by atoms with Crippen molar-refractivity contribution in [1.82, 2.24) is 10.0 Å². The van der Waals surface area contributed by atoms with Crippen LogP contribution in [0.1, 0.15) is 65.2 Å². The highest BCUT2D eigenvalue weighted by molar-refractivity contribution is 5.02. The zero-order valence-corrected chi connectivity index (χ0v) is 13.4. The van der Waals surface area contributed by atoms with Gasteiger partial charge in [0.2, 0.25) is 0 Å². The Balaban J connectivity index is 1.34. The molecular weight excluding hydrogens is 244 g/mol. The van der Waals surface area contributed by atoms with Crippen molar-refractivity contribution in [2.45, 2.75) is 77.3 Å². The fourth-order valence-corrected chi connectivity index (χ4v) is 5.63. The predicted octanol–water partition coefficient (Wildman–Crippen LogP) is 3.92. The summed E-state index contributed by atoms with van der Waals surface area (Å²) in [6, 6.07) is 1.70. The molecule has 0 aromatic rings. The fourth-order valence-electron chi connectivity index (χ4n) is 5.63. The second kappa shape index (κ2) is 5.28. The van der Waals surface area contributed by atoms with Gasteiger partial charge >= 0.3 is 0 Å². The summed E-state index contributed by atoms with van der Waals surface area (Å²) in [6.45, 7) is 7.54. The third-order valence-corrected chi connectivity index (χ3v) is 6.86. The van der Waals surface area contributed by atoms with E-state index in [1.165, 1.54) is 51.6 Å². The molecule has 1 heterocycles. The van der Waals surface area contributed by atoms with Crippen LogP contribution in [0, 0.1) is 23.7 Å². The molecule has 2 heteroatoms. The van der Waals surface area contributed by atoms with Gasteiger partial charge in [0.1, 0.15) is 0 Å². The van der Waals surface area contributed by atoms with E-state index in [1.807, 2.05) is 0 Å². The van der Waals surface area contributed by atoms with E-state index >= 15 is 0 Å². The Labute approximate surface area is 124 Å². The van der Waals surface area contributed by atoms with Gasteiger partial charge in [0.05, 0.1) is 0 Å². The highest BCUT2D eigenvalue weighted by atomic mass is 15.7. The average molecular weight is 276 g/mol. The van der Waals surface area contributed by atoms with Crippen LogP contribution in [0.25, 0.3) is 0 Å². The van der Waals surface area contributed by atoms with Crippen LogP contribution in [0.15, 0.2) is 0 Å². The summed E-state index contributed by atoms with van der Waals surface area (Å²) in [5.41, 5.74) is 0. The van der Waals surface area contributed by atoms with Crippen LogP contribution in [0.2, 0.25) is 0 Å². The second-order valence-corrected chi connectivity index (χ2v) is 8.11. The van der Waals surface area contributed by atoms with E-state index < -0.39 is 0 Å². The van der Waals surface area contributed by atoms with Crippen LogP contribution in [-0.2, 0) is 0 Å². The van der Waals surface area contributed by atoms with Crippen LogP contribution >= 0.6 is 0 Å². The van der Waals surface area contributed by atoms with E-state index in [0.717, 1.165) is 35.8 Å². The molecule has 4 saturated carbocycles. The Morgan fingerprint density at radius 1 is 1.20 bits per heavy atom. The molecule has 2 nitrogen and oxygen atoms in total. The molecule has 2 bridgehead atoms. The predicted molar refractivity (Wildman–Crippen MR) is 83.2 cm³/mol. The quantitative estimate of drug-likeness (QED) is 0.650. The molecule has 0 aromatic carbocycles. The Morgan fingerprint density at radius 3 is 2.60 bits per heavy atom. The first-order valence-electron chi connectivity index (χ1n) is 9.31. The standard InChI is InChI=1S/C18H32N2/c1-3-5-17-15-11-14(18(17)12-15)10-13(2)20(19-8-9-19)16-6-4-7-16/h13-18H,3-12H2,1-2H3/t13?,14?,15-,17?,18?/m1/s1. The van der Waals surface area contributed by atoms with Crippen LogP contribution < -0.4 is 0 Å². The zero-order valence-electron chi connectivity index (χ0n) is 13.4. The number of hydrogen-bond acceptors (Lipinski definition) is 2. The smallest absolute Gasteiger partial charge is 0.0276 e. The van der Waals surface area contributed by atoms with Crippen molar-refractivity contribution in [3.05, 3.63) is 0 Å². The summed E-state index contributed by atoms with van der Waals surface area (Å²) in [6.07, 6.45) is 11.9. The minimum absolute atomic E-state index is 0.800. The number of rotatable bonds is 7. The highest BCUT2D eigenvalue weighted by Gasteiger charge is 2.52. The van der Waals surface area contributed by atoms with Gasteiger partial charge in [-0.05, 0) is 62.7 Å². The molecule has 4 aliphatic carbocycles. The van der Waals surface area contributed by atoms with E-state index in [-0.39, 0.29) is 0 Å². The van der Waals surface area contributed by atoms with Crippen molar-refractivity contribution in [1.29, 1.82) is 0 Å². The van der Waals surface area contributed by atoms with Gasteiger partial charge in [-0.3, -0.25) is 0 Å². The molecule has 5 rings (SSSR count). The SMILES string of the molecule is CCCC1C2C[C@H]1CC2CC(C)N(C1CCC1)N1CC1. The minimum atomic E-state index is 0.800. The average Bonchev–Trinajstić information content (AvgIpc) is 3.04. The number of fused-ring (bicyclic) bond motifs is 1. The molecular formula is C18H32N2. The maximum absolute atomic E-state index is 2.80.